The predicted octanol–water partition coefficient (Wildman–Crippen LogP) is 3.26. The smallest absolute Gasteiger partial charge is 0.433 e. The van der Waals surface area contributed by atoms with Crippen LogP contribution in [0.15, 0.2) is 43.0 Å². The number of amides is 2. The van der Waals surface area contributed by atoms with Crippen LogP contribution in [-0.4, -0.2) is 90.5 Å². The van der Waals surface area contributed by atoms with Crippen LogP contribution in [0.5, 0.6) is 0 Å². The number of piperazine rings is 1. The topological polar surface area (TPSA) is 175 Å². The first kappa shape index (κ1) is 31.2. The molecule has 228 valence electrons. The maximum absolute atomic E-state index is 13.4. The highest BCUT2D eigenvalue weighted by molar-refractivity contribution is 6.34. The van der Waals surface area contributed by atoms with E-state index < -0.39 is 11.9 Å². The number of imidazole rings is 1. The fraction of sp³-hybridized carbons (Fsp3) is 0.308. The molecule has 4 aromatic rings. The molecule has 0 aliphatic carbocycles. The Morgan fingerprint density at radius 1 is 1.14 bits per heavy atom. The largest absolute Gasteiger partial charge is 0.483 e. The first-order chi connectivity index (χ1) is 20.6. The maximum Gasteiger partial charge on any atom is 0.433 e. The Balaban J connectivity index is 0.00000135. The number of nitrogens with one attached hydrogen (secondary N) is 2. The molecule has 0 radical (unpaired) electrons. The quantitative estimate of drug-likeness (QED) is 0.226. The molecule has 0 spiro atoms. The molecule has 17 heteroatoms. The van der Waals surface area contributed by atoms with Crippen LogP contribution in [0.1, 0.15) is 28.9 Å². The maximum atomic E-state index is 13.4. The molecule has 3 aromatic heterocycles. The number of anilines is 2. The fourth-order valence-electron chi connectivity index (χ4n) is 4.55. The van der Waals surface area contributed by atoms with Crippen molar-refractivity contribution in [2.75, 3.05) is 38.0 Å². The van der Waals surface area contributed by atoms with E-state index in [2.05, 4.69) is 20.4 Å². The van der Waals surface area contributed by atoms with E-state index in [4.69, 9.17) is 27.2 Å². The van der Waals surface area contributed by atoms with Crippen molar-refractivity contribution in [2.45, 2.75) is 19.0 Å². The van der Waals surface area contributed by atoms with Crippen molar-refractivity contribution >= 4 is 47.0 Å². The number of carboxylic acid groups (broad SMARTS) is 1. The number of rotatable bonds is 7. The van der Waals surface area contributed by atoms with Crippen molar-refractivity contribution in [1.82, 2.24) is 34.4 Å². The second kappa shape index (κ2) is 13.5. The summed E-state index contributed by atoms with van der Waals surface area (Å²) in [6.45, 7) is 1.88. The van der Waals surface area contributed by atoms with Gasteiger partial charge in [-0.1, -0.05) is 11.6 Å². The van der Waals surface area contributed by atoms with E-state index >= 15 is 0 Å². The molecule has 1 saturated heterocycles. The second-order valence-electron chi connectivity index (χ2n) is 9.26. The lowest BCUT2D eigenvalue weighted by Gasteiger charge is -2.35. The summed E-state index contributed by atoms with van der Waals surface area (Å²) in [6.07, 6.45) is 1.73. The van der Waals surface area contributed by atoms with Gasteiger partial charge in [0.2, 0.25) is 5.91 Å². The summed E-state index contributed by atoms with van der Waals surface area (Å²) in [5.74, 6) is 0.0606. The summed E-state index contributed by atoms with van der Waals surface area (Å²) in [4.78, 5) is 45.6. The number of carbonyl (C=O) groups is 3. The Kier molecular flexibility index (Phi) is 9.82. The van der Waals surface area contributed by atoms with Gasteiger partial charge in [0.15, 0.2) is 11.5 Å². The second-order valence-corrected chi connectivity index (χ2v) is 9.67. The van der Waals surface area contributed by atoms with Crippen LogP contribution < -0.4 is 11.1 Å². The third-order valence-corrected chi connectivity index (χ3v) is 6.92. The number of hydrogen-bond donors (Lipinski definition) is 4. The van der Waals surface area contributed by atoms with E-state index in [0.29, 0.717) is 56.8 Å². The summed E-state index contributed by atoms with van der Waals surface area (Å²) < 4.78 is 41.6. The third kappa shape index (κ3) is 7.03. The van der Waals surface area contributed by atoms with Crippen LogP contribution in [0, 0.1) is 0 Å². The molecule has 1 fully saturated rings. The van der Waals surface area contributed by atoms with Gasteiger partial charge in [0.1, 0.15) is 5.69 Å². The summed E-state index contributed by atoms with van der Waals surface area (Å²) in [6, 6.07) is 4.80. The van der Waals surface area contributed by atoms with Crippen molar-refractivity contribution in [3.63, 3.8) is 0 Å². The zero-order chi connectivity index (χ0) is 31.1. The van der Waals surface area contributed by atoms with E-state index in [1.807, 2.05) is 5.10 Å². The van der Waals surface area contributed by atoms with E-state index in [-0.39, 0.29) is 46.0 Å². The lowest BCUT2D eigenvalue weighted by molar-refractivity contribution is -0.140. The number of aromatic amines is 1. The standard InChI is InChI=1S/C25H25ClF3N9O2.CH2O2/c26-18-12-15(3-4-16(18)24(40)37-10-8-36(9-11-37)20(39)2-1-5-30)34-22-23-32-14-19(38(23)7-6-31-22)17-13-33-35-21(17)25(27,28)29;2-1-3/h3-4,6-7,12-14H,1-2,5,8-11,30H2,(H,31,34)(H,33,35);1H,(H,2,3). The van der Waals surface area contributed by atoms with Crippen molar-refractivity contribution < 1.29 is 32.7 Å². The first-order valence-electron chi connectivity index (χ1n) is 12.9. The minimum Gasteiger partial charge on any atom is -0.483 e. The number of nitrogens with two attached hydrogens (primary N) is 1. The van der Waals surface area contributed by atoms with E-state index in [1.165, 1.54) is 23.0 Å². The molecule has 0 bridgehead atoms. The van der Waals surface area contributed by atoms with Crippen molar-refractivity contribution in [3.05, 3.63) is 59.3 Å². The third-order valence-electron chi connectivity index (χ3n) is 6.60. The predicted molar refractivity (Wildman–Crippen MR) is 150 cm³/mol. The molecular weight excluding hydrogens is 595 g/mol. The number of alkyl halides is 3. The summed E-state index contributed by atoms with van der Waals surface area (Å²) >= 11 is 6.47. The normalized spacial score (nSPS) is 13.4. The van der Waals surface area contributed by atoms with Gasteiger partial charge in [-0.15, -0.1) is 0 Å². The number of fused-ring (bicyclic) bond motifs is 1. The Labute approximate surface area is 247 Å². The number of benzene rings is 1. The molecule has 2 amide bonds. The molecule has 5 rings (SSSR count). The molecule has 1 aromatic carbocycles. The molecule has 1 aliphatic rings. The zero-order valence-electron chi connectivity index (χ0n) is 22.5. The molecule has 0 unspecified atom stereocenters. The Morgan fingerprint density at radius 3 is 2.49 bits per heavy atom. The Hall–Kier alpha value is -4.70. The van der Waals surface area contributed by atoms with Gasteiger partial charge < -0.3 is 26.0 Å². The van der Waals surface area contributed by atoms with Crippen LogP contribution in [0.2, 0.25) is 5.02 Å². The summed E-state index contributed by atoms with van der Waals surface area (Å²) in [7, 11) is 0. The van der Waals surface area contributed by atoms with Crippen LogP contribution >= 0.6 is 11.6 Å². The number of halogens is 4. The molecular formula is C26H27ClF3N9O4. The average Bonchev–Trinajstić information content (AvgIpc) is 3.64. The van der Waals surface area contributed by atoms with Gasteiger partial charge in [-0.25, -0.2) is 9.97 Å². The molecule has 13 nitrogen and oxygen atoms in total. The van der Waals surface area contributed by atoms with E-state index in [1.54, 1.807) is 28.0 Å². The van der Waals surface area contributed by atoms with Gasteiger partial charge >= 0.3 is 6.18 Å². The van der Waals surface area contributed by atoms with Crippen LogP contribution in [0.25, 0.3) is 16.9 Å². The highest BCUT2D eigenvalue weighted by Crippen LogP contribution is 2.36. The molecule has 1 aliphatic heterocycles. The lowest BCUT2D eigenvalue weighted by atomic mass is 10.1. The number of H-pyrrole nitrogens is 1. The average molecular weight is 622 g/mol. The highest BCUT2D eigenvalue weighted by atomic mass is 35.5. The van der Waals surface area contributed by atoms with E-state index in [0.717, 1.165) is 6.20 Å². The van der Waals surface area contributed by atoms with Gasteiger partial charge in [-0.05, 0) is 31.2 Å². The Bertz CT molecular complexity index is 1600. The van der Waals surface area contributed by atoms with Crippen molar-refractivity contribution in [1.29, 1.82) is 0 Å². The first-order valence-corrected chi connectivity index (χ1v) is 13.3. The van der Waals surface area contributed by atoms with Crippen LogP contribution in [0.4, 0.5) is 24.7 Å². The minimum atomic E-state index is -4.62. The Morgan fingerprint density at radius 2 is 1.84 bits per heavy atom. The number of nitrogens with zero attached hydrogens (tertiary/aromatic N) is 6. The summed E-state index contributed by atoms with van der Waals surface area (Å²) in [5.41, 5.74) is 5.62. The van der Waals surface area contributed by atoms with Gasteiger partial charge in [-0.2, -0.15) is 18.3 Å². The fourth-order valence-corrected chi connectivity index (χ4v) is 4.81. The molecule has 43 heavy (non-hydrogen) atoms. The number of aromatic nitrogens is 5. The van der Waals surface area contributed by atoms with Crippen molar-refractivity contribution in [2.24, 2.45) is 5.73 Å². The molecule has 0 atom stereocenters. The monoisotopic (exact) mass is 621 g/mol. The van der Waals surface area contributed by atoms with E-state index in [9.17, 15) is 22.8 Å². The lowest BCUT2D eigenvalue weighted by Crippen LogP contribution is -2.50. The molecule has 0 saturated carbocycles. The van der Waals surface area contributed by atoms with Gasteiger partial charge in [0, 0.05) is 50.7 Å². The van der Waals surface area contributed by atoms with Gasteiger partial charge in [0.05, 0.1) is 34.2 Å². The molecule has 5 N–H and O–H groups in total. The number of hydrogen-bond acceptors (Lipinski definition) is 8. The van der Waals surface area contributed by atoms with Gasteiger partial charge in [0.25, 0.3) is 12.4 Å². The zero-order valence-corrected chi connectivity index (χ0v) is 23.3. The summed E-state index contributed by atoms with van der Waals surface area (Å²) in [5, 5.41) is 15.7. The van der Waals surface area contributed by atoms with Crippen LogP contribution in [0.3, 0.4) is 0 Å². The SMILES string of the molecule is NCCCC(=O)N1CCN(C(=O)c2ccc(Nc3nccn4c(-c5cn[nH]c5C(F)(F)F)cnc34)cc2Cl)CC1.O=CO. The highest BCUT2D eigenvalue weighted by Gasteiger charge is 2.36. The number of carbonyl (C=O) groups excluding carboxylic acids is 2. The van der Waals surface area contributed by atoms with Crippen molar-refractivity contribution in [3.8, 4) is 11.3 Å². The van der Waals surface area contributed by atoms with Gasteiger partial charge in [-0.3, -0.25) is 23.9 Å². The molecule has 4 heterocycles. The minimum absolute atomic E-state index is 0.0322. The van der Waals surface area contributed by atoms with Crippen LogP contribution in [-0.2, 0) is 15.8 Å².